The van der Waals surface area contributed by atoms with Gasteiger partial charge in [0.2, 0.25) is 5.88 Å². The Labute approximate surface area is 80.7 Å². The zero-order chi connectivity index (χ0) is 10.1. The SMILES string of the molecule is COc1nn2ccccc2c1B(O)O. The number of fused-ring (bicyclic) bond motifs is 1. The molecule has 2 rings (SSSR count). The first-order chi connectivity index (χ1) is 6.74. The number of pyridine rings is 1. The van der Waals surface area contributed by atoms with Gasteiger partial charge in [-0.15, -0.1) is 5.10 Å². The maximum atomic E-state index is 9.14. The highest BCUT2D eigenvalue weighted by molar-refractivity contribution is 6.62. The van der Waals surface area contributed by atoms with Crippen LogP contribution >= 0.6 is 0 Å². The van der Waals surface area contributed by atoms with Gasteiger partial charge in [0.05, 0.1) is 18.1 Å². The largest absolute Gasteiger partial charge is 0.496 e. The first kappa shape index (κ1) is 9.05. The number of nitrogens with zero attached hydrogens (tertiary/aromatic N) is 2. The van der Waals surface area contributed by atoms with Gasteiger partial charge in [0, 0.05) is 6.20 Å². The fraction of sp³-hybridized carbons (Fsp3) is 0.125. The normalized spacial score (nSPS) is 10.5. The molecule has 14 heavy (non-hydrogen) atoms. The van der Waals surface area contributed by atoms with E-state index in [0.29, 0.717) is 5.52 Å². The average molecular weight is 192 g/mol. The zero-order valence-corrected chi connectivity index (χ0v) is 7.58. The Balaban J connectivity index is 2.74. The minimum atomic E-state index is -1.58. The molecule has 6 heteroatoms. The third-order valence-electron chi connectivity index (χ3n) is 2.00. The van der Waals surface area contributed by atoms with Crippen LogP contribution in [-0.4, -0.2) is 33.9 Å². The summed E-state index contributed by atoms with van der Waals surface area (Å²) in [5, 5.41) is 22.3. The number of ether oxygens (including phenoxy) is 1. The smallest absolute Gasteiger partial charge is 0.480 e. The average Bonchev–Trinajstić information content (AvgIpc) is 2.55. The summed E-state index contributed by atoms with van der Waals surface area (Å²) in [7, 11) is -0.141. The van der Waals surface area contributed by atoms with Gasteiger partial charge in [-0.05, 0) is 12.1 Å². The molecule has 0 unspecified atom stereocenters. The van der Waals surface area contributed by atoms with Crippen molar-refractivity contribution in [3.05, 3.63) is 24.4 Å². The summed E-state index contributed by atoms with van der Waals surface area (Å²) in [5.74, 6) is 0.228. The monoisotopic (exact) mass is 192 g/mol. The van der Waals surface area contributed by atoms with Crippen molar-refractivity contribution in [3.8, 4) is 5.88 Å². The van der Waals surface area contributed by atoms with Crippen LogP contribution in [0.25, 0.3) is 5.52 Å². The lowest BCUT2D eigenvalue weighted by Crippen LogP contribution is -2.30. The molecule has 2 heterocycles. The van der Waals surface area contributed by atoms with E-state index < -0.39 is 7.12 Å². The fourth-order valence-electron chi connectivity index (χ4n) is 1.39. The van der Waals surface area contributed by atoms with E-state index in [0.717, 1.165) is 0 Å². The molecule has 0 aliphatic rings. The molecule has 72 valence electrons. The van der Waals surface area contributed by atoms with Crippen LogP contribution in [0.5, 0.6) is 5.88 Å². The van der Waals surface area contributed by atoms with Gasteiger partial charge in [-0.1, -0.05) is 6.07 Å². The summed E-state index contributed by atoms with van der Waals surface area (Å²) >= 11 is 0. The van der Waals surface area contributed by atoms with Crippen LogP contribution in [0.4, 0.5) is 0 Å². The molecule has 0 aliphatic heterocycles. The lowest BCUT2D eigenvalue weighted by atomic mass is 9.81. The molecule has 0 amide bonds. The molecule has 0 aliphatic carbocycles. The van der Waals surface area contributed by atoms with Crippen molar-refractivity contribution in [3.63, 3.8) is 0 Å². The van der Waals surface area contributed by atoms with E-state index in [1.807, 2.05) is 0 Å². The Morgan fingerprint density at radius 2 is 2.21 bits per heavy atom. The zero-order valence-electron chi connectivity index (χ0n) is 7.58. The highest BCUT2D eigenvalue weighted by atomic mass is 16.5. The first-order valence-electron chi connectivity index (χ1n) is 4.11. The Morgan fingerprint density at radius 1 is 1.43 bits per heavy atom. The number of methoxy groups -OCH3 is 1. The van der Waals surface area contributed by atoms with Gasteiger partial charge in [-0.2, -0.15) is 0 Å². The van der Waals surface area contributed by atoms with E-state index in [4.69, 9.17) is 14.8 Å². The predicted molar refractivity (Wildman–Crippen MR) is 51.6 cm³/mol. The van der Waals surface area contributed by atoms with E-state index >= 15 is 0 Å². The molecule has 2 N–H and O–H groups in total. The van der Waals surface area contributed by atoms with Crippen LogP contribution in [0.2, 0.25) is 0 Å². The van der Waals surface area contributed by atoms with Gasteiger partial charge in [0.1, 0.15) is 0 Å². The standard InChI is InChI=1S/C8H9BN2O3/c1-14-8-7(9(12)13)6-4-2-3-5-11(6)10-8/h2-5,12-13H,1H3. The minimum absolute atomic E-state index is 0.228. The quantitative estimate of drug-likeness (QED) is 0.600. The highest BCUT2D eigenvalue weighted by Crippen LogP contribution is 2.09. The lowest BCUT2D eigenvalue weighted by molar-refractivity contribution is 0.390. The summed E-state index contributed by atoms with van der Waals surface area (Å²) in [6, 6.07) is 5.33. The minimum Gasteiger partial charge on any atom is -0.480 e. The first-order valence-corrected chi connectivity index (χ1v) is 4.11. The highest BCUT2D eigenvalue weighted by Gasteiger charge is 2.23. The van der Waals surface area contributed by atoms with Crippen LogP contribution in [0.1, 0.15) is 0 Å². The lowest BCUT2D eigenvalue weighted by Gasteiger charge is -1.98. The maximum Gasteiger partial charge on any atom is 0.496 e. The molecule has 0 atom stereocenters. The van der Waals surface area contributed by atoms with Crippen molar-refractivity contribution < 1.29 is 14.8 Å². The molecule has 0 saturated heterocycles. The van der Waals surface area contributed by atoms with Crippen molar-refractivity contribution in [2.45, 2.75) is 0 Å². The van der Waals surface area contributed by atoms with E-state index in [1.54, 1.807) is 24.4 Å². The Hall–Kier alpha value is -1.53. The van der Waals surface area contributed by atoms with Crippen LogP contribution in [-0.2, 0) is 0 Å². The van der Waals surface area contributed by atoms with Crippen LogP contribution < -0.4 is 10.2 Å². The van der Waals surface area contributed by atoms with E-state index in [2.05, 4.69) is 5.10 Å². The molecule has 5 nitrogen and oxygen atoms in total. The second-order valence-electron chi connectivity index (χ2n) is 2.83. The van der Waals surface area contributed by atoms with Crippen molar-refractivity contribution in [1.29, 1.82) is 0 Å². The van der Waals surface area contributed by atoms with Gasteiger partial charge >= 0.3 is 7.12 Å². The summed E-state index contributed by atoms with van der Waals surface area (Å²) in [5.41, 5.74) is 0.910. The second-order valence-corrected chi connectivity index (χ2v) is 2.83. The molecule has 2 aromatic heterocycles. The fourth-order valence-corrected chi connectivity index (χ4v) is 1.39. The van der Waals surface area contributed by atoms with Crippen LogP contribution in [0, 0.1) is 0 Å². The van der Waals surface area contributed by atoms with E-state index in [9.17, 15) is 0 Å². The number of hydrogen-bond acceptors (Lipinski definition) is 4. The molecular formula is C8H9BN2O3. The molecule has 0 saturated carbocycles. The van der Waals surface area contributed by atoms with Crippen molar-refractivity contribution in [1.82, 2.24) is 9.61 Å². The molecule has 0 spiro atoms. The molecule has 0 aromatic carbocycles. The summed E-state index contributed by atoms with van der Waals surface area (Å²) < 4.78 is 6.48. The van der Waals surface area contributed by atoms with E-state index in [-0.39, 0.29) is 11.3 Å². The maximum absolute atomic E-state index is 9.14. The molecule has 0 fully saturated rings. The molecular weight excluding hydrogens is 183 g/mol. The summed E-state index contributed by atoms with van der Waals surface area (Å²) in [6.45, 7) is 0. The molecule has 0 radical (unpaired) electrons. The van der Waals surface area contributed by atoms with Crippen LogP contribution in [0.3, 0.4) is 0 Å². The van der Waals surface area contributed by atoms with E-state index in [1.165, 1.54) is 11.6 Å². The van der Waals surface area contributed by atoms with Gasteiger partial charge in [0.25, 0.3) is 0 Å². The molecule has 2 aromatic rings. The third kappa shape index (κ3) is 1.25. The van der Waals surface area contributed by atoms with Gasteiger partial charge in [-0.25, -0.2) is 4.52 Å². The van der Waals surface area contributed by atoms with Crippen molar-refractivity contribution >= 4 is 18.1 Å². The van der Waals surface area contributed by atoms with Gasteiger partial charge in [-0.3, -0.25) is 0 Å². The number of hydrogen-bond donors (Lipinski definition) is 2. The summed E-state index contributed by atoms with van der Waals surface area (Å²) in [4.78, 5) is 0. The topological polar surface area (TPSA) is 67.0 Å². The number of aromatic nitrogens is 2. The van der Waals surface area contributed by atoms with Crippen molar-refractivity contribution in [2.24, 2.45) is 0 Å². The second kappa shape index (κ2) is 3.32. The van der Waals surface area contributed by atoms with Crippen molar-refractivity contribution in [2.75, 3.05) is 7.11 Å². The summed E-state index contributed by atoms with van der Waals surface area (Å²) in [6.07, 6.45) is 1.71. The Bertz CT molecular complexity index is 455. The Kier molecular flexibility index (Phi) is 2.15. The number of rotatable bonds is 2. The predicted octanol–water partition coefficient (Wildman–Crippen LogP) is -0.977. The third-order valence-corrected chi connectivity index (χ3v) is 2.00. The van der Waals surface area contributed by atoms with Gasteiger partial charge < -0.3 is 14.8 Å². The van der Waals surface area contributed by atoms with Crippen LogP contribution in [0.15, 0.2) is 24.4 Å². The van der Waals surface area contributed by atoms with Gasteiger partial charge in [0.15, 0.2) is 0 Å². The molecule has 0 bridgehead atoms. The Morgan fingerprint density at radius 3 is 2.86 bits per heavy atom.